The Morgan fingerprint density at radius 2 is 2.06 bits per heavy atom. The SMILES string of the molecule is CCOC1(C(N)Cc2ccoc2)CCCCCC1. The lowest BCUT2D eigenvalue weighted by Gasteiger charge is -2.38. The second-order valence-corrected chi connectivity index (χ2v) is 5.35. The van der Waals surface area contributed by atoms with Crippen LogP contribution in [0.5, 0.6) is 0 Å². The lowest BCUT2D eigenvalue weighted by molar-refractivity contribution is -0.0683. The molecule has 1 aliphatic carbocycles. The topological polar surface area (TPSA) is 48.4 Å². The summed E-state index contributed by atoms with van der Waals surface area (Å²) in [5.41, 5.74) is 7.51. The molecule has 1 aliphatic rings. The maximum Gasteiger partial charge on any atom is 0.0935 e. The largest absolute Gasteiger partial charge is 0.472 e. The minimum Gasteiger partial charge on any atom is -0.472 e. The monoisotopic (exact) mass is 251 g/mol. The lowest BCUT2D eigenvalue weighted by Crippen LogP contribution is -2.51. The maximum atomic E-state index is 6.46. The van der Waals surface area contributed by atoms with Gasteiger partial charge in [0.05, 0.1) is 18.1 Å². The Balaban J connectivity index is 2.06. The van der Waals surface area contributed by atoms with E-state index in [1.54, 1.807) is 12.5 Å². The minimum atomic E-state index is -0.122. The van der Waals surface area contributed by atoms with Gasteiger partial charge in [-0.05, 0) is 37.8 Å². The zero-order valence-electron chi connectivity index (χ0n) is 11.4. The minimum absolute atomic E-state index is 0.0631. The van der Waals surface area contributed by atoms with Gasteiger partial charge in [0, 0.05) is 12.6 Å². The fraction of sp³-hybridized carbons (Fsp3) is 0.733. The molecule has 3 heteroatoms. The molecular weight excluding hydrogens is 226 g/mol. The Labute approximate surface area is 110 Å². The summed E-state index contributed by atoms with van der Waals surface area (Å²) in [5.74, 6) is 0. The van der Waals surface area contributed by atoms with E-state index in [2.05, 4.69) is 6.92 Å². The van der Waals surface area contributed by atoms with Crippen molar-refractivity contribution in [3.8, 4) is 0 Å². The van der Waals surface area contributed by atoms with E-state index in [0.717, 1.165) is 25.9 Å². The fourth-order valence-corrected chi connectivity index (χ4v) is 3.09. The fourth-order valence-electron chi connectivity index (χ4n) is 3.09. The van der Waals surface area contributed by atoms with E-state index in [1.807, 2.05) is 6.07 Å². The van der Waals surface area contributed by atoms with Crippen molar-refractivity contribution in [3.63, 3.8) is 0 Å². The molecule has 0 aliphatic heterocycles. The molecule has 2 rings (SSSR count). The van der Waals surface area contributed by atoms with Crippen molar-refractivity contribution in [2.24, 2.45) is 5.73 Å². The van der Waals surface area contributed by atoms with Crippen molar-refractivity contribution >= 4 is 0 Å². The second kappa shape index (κ2) is 6.39. The zero-order valence-corrected chi connectivity index (χ0v) is 11.4. The van der Waals surface area contributed by atoms with Crippen LogP contribution in [0.25, 0.3) is 0 Å². The average Bonchev–Trinajstić information content (AvgIpc) is 2.74. The van der Waals surface area contributed by atoms with Gasteiger partial charge >= 0.3 is 0 Å². The van der Waals surface area contributed by atoms with Gasteiger partial charge in [0.2, 0.25) is 0 Å². The normalized spacial score (nSPS) is 21.4. The number of nitrogens with two attached hydrogens (primary N) is 1. The maximum absolute atomic E-state index is 6.46. The van der Waals surface area contributed by atoms with Crippen molar-refractivity contribution in [1.29, 1.82) is 0 Å². The van der Waals surface area contributed by atoms with Gasteiger partial charge in [-0.2, -0.15) is 0 Å². The highest BCUT2D eigenvalue weighted by Crippen LogP contribution is 2.34. The molecule has 1 aromatic heterocycles. The molecule has 0 bridgehead atoms. The standard InChI is InChI=1S/C15H25NO2/c1-2-18-15(8-5-3-4-6-9-15)14(16)11-13-7-10-17-12-13/h7,10,12,14H,2-6,8-9,11,16H2,1H3. The summed E-state index contributed by atoms with van der Waals surface area (Å²) in [7, 11) is 0. The third-order valence-corrected chi connectivity index (χ3v) is 4.09. The van der Waals surface area contributed by atoms with E-state index in [-0.39, 0.29) is 11.6 Å². The van der Waals surface area contributed by atoms with E-state index in [0.29, 0.717) is 0 Å². The zero-order chi connectivity index (χ0) is 12.8. The first-order chi connectivity index (χ1) is 8.77. The Morgan fingerprint density at radius 3 is 2.61 bits per heavy atom. The predicted octanol–water partition coefficient (Wildman–Crippen LogP) is 3.28. The smallest absolute Gasteiger partial charge is 0.0935 e. The highest BCUT2D eigenvalue weighted by Gasteiger charge is 2.37. The Morgan fingerprint density at radius 1 is 1.33 bits per heavy atom. The highest BCUT2D eigenvalue weighted by molar-refractivity contribution is 5.10. The first-order valence-corrected chi connectivity index (χ1v) is 7.17. The van der Waals surface area contributed by atoms with Crippen LogP contribution in [0.15, 0.2) is 23.0 Å². The number of hydrogen-bond donors (Lipinski definition) is 1. The number of hydrogen-bond acceptors (Lipinski definition) is 3. The lowest BCUT2D eigenvalue weighted by atomic mass is 9.83. The van der Waals surface area contributed by atoms with E-state index in [1.165, 1.54) is 31.2 Å². The molecule has 1 fully saturated rings. The number of furan rings is 1. The molecular formula is C15H25NO2. The second-order valence-electron chi connectivity index (χ2n) is 5.35. The molecule has 3 nitrogen and oxygen atoms in total. The number of rotatable bonds is 5. The van der Waals surface area contributed by atoms with Crippen LogP contribution in [-0.4, -0.2) is 18.2 Å². The van der Waals surface area contributed by atoms with Gasteiger partial charge in [-0.1, -0.05) is 25.7 Å². The summed E-state index contributed by atoms with van der Waals surface area (Å²) in [6.45, 7) is 2.82. The molecule has 1 atom stereocenters. The van der Waals surface area contributed by atoms with Crippen LogP contribution in [0.3, 0.4) is 0 Å². The van der Waals surface area contributed by atoms with Crippen LogP contribution in [0.2, 0.25) is 0 Å². The van der Waals surface area contributed by atoms with Crippen LogP contribution in [0.1, 0.15) is 51.0 Å². The Kier molecular flexibility index (Phi) is 4.84. The van der Waals surface area contributed by atoms with Crippen LogP contribution in [-0.2, 0) is 11.2 Å². The summed E-state index contributed by atoms with van der Waals surface area (Å²) in [4.78, 5) is 0. The predicted molar refractivity (Wildman–Crippen MR) is 72.4 cm³/mol. The molecule has 1 aromatic rings. The third kappa shape index (κ3) is 3.15. The molecule has 0 saturated heterocycles. The van der Waals surface area contributed by atoms with Crippen LogP contribution in [0.4, 0.5) is 0 Å². The van der Waals surface area contributed by atoms with Gasteiger partial charge in [0.15, 0.2) is 0 Å². The molecule has 1 unspecified atom stereocenters. The first-order valence-electron chi connectivity index (χ1n) is 7.17. The molecule has 0 spiro atoms. The molecule has 0 amide bonds. The average molecular weight is 251 g/mol. The van der Waals surface area contributed by atoms with Crippen molar-refractivity contribution in [1.82, 2.24) is 0 Å². The number of ether oxygens (including phenoxy) is 1. The van der Waals surface area contributed by atoms with Crippen molar-refractivity contribution in [2.75, 3.05) is 6.61 Å². The Hall–Kier alpha value is -0.800. The van der Waals surface area contributed by atoms with Gasteiger partial charge in [-0.15, -0.1) is 0 Å². The van der Waals surface area contributed by atoms with Gasteiger partial charge < -0.3 is 14.9 Å². The highest BCUT2D eigenvalue weighted by atomic mass is 16.5. The van der Waals surface area contributed by atoms with E-state index in [4.69, 9.17) is 14.9 Å². The first kappa shape index (κ1) is 13.6. The molecule has 0 aromatic carbocycles. The van der Waals surface area contributed by atoms with E-state index >= 15 is 0 Å². The molecule has 1 heterocycles. The quantitative estimate of drug-likeness (QED) is 0.817. The van der Waals surface area contributed by atoms with Gasteiger partial charge in [0.1, 0.15) is 0 Å². The van der Waals surface area contributed by atoms with Crippen molar-refractivity contribution in [3.05, 3.63) is 24.2 Å². The van der Waals surface area contributed by atoms with Crippen LogP contribution >= 0.6 is 0 Å². The summed E-state index contributed by atoms with van der Waals surface area (Å²) in [6, 6.07) is 2.06. The Bertz CT molecular complexity index is 326. The molecule has 2 N–H and O–H groups in total. The van der Waals surface area contributed by atoms with E-state index < -0.39 is 0 Å². The summed E-state index contributed by atoms with van der Waals surface area (Å²) in [6.07, 6.45) is 11.6. The summed E-state index contributed by atoms with van der Waals surface area (Å²) in [5, 5.41) is 0. The van der Waals surface area contributed by atoms with E-state index in [9.17, 15) is 0 Å². The molecule has 102 valence electrons. The van der Waals surface area contributed by atoms with Crippen molar-refractivity contribution < 1.29 is 9.15 Å². The molecule has 0 radical (unpaired) electrons. The summed E-state index contributed by atoms with van der Waals surface area (Å²) >= 11 is 0. The summed E-state index contributed by atoms with van der Waals surface area (Å²) < 4.78 is 11.2. The van der Waals surface area contributed by atoms with Gasteiger partial charge in [-0.3, -0.25) is 0 Å². The molecule has 18 heavy (non-hydrogen) atoms. The third-order valence-electron chi connectivity index (χ3n) is 4.09. The molecule has 1 saturated carbocycles. The van der Waals surface area contributed by atoms with Gasteiger partial charge in [0.25, 0.3) is 0 Å². The van der Waals surface area contributed by atoms with Crippen LogP contribution < -0.4 is 5.73 Å². The van der Waals surface area contributed by atoms with Crippen LogP contribution in [0, 0.1) is 0 Å². The van der Waals surface area contributed by atoms with Gasteiger partial charge in [-0.25, -0.2) is 0 Å². The van der Waals surface area contributed by atoms with Crippen molar-refractivity contribution in [2.45, 2.75) is 63.5 Å².